The Morgan fingerprint density at radius 1 is 0.893 bits per heavy atom. The van der Waals surface area contributed by atoms with Gasteiger partial charge in [0, 0.05) is 12.6 Å². The standard InChI is InChI=1S/C43H50N4O9/c1-41(2,3)38(48)55-34-25-36(47-26-28(37(44)46-39(47)49)13-12-24-45-40(50)56-42(4,5)6)54-35(34)27-53-43(29-14-10-9-11-15-29,30-16-20-32(51-7)21-17-30)31-18-22-33(52-8)23-19-31/h9-11,14-23,26,34-36H,24-25,27H2,1-8H3,(H,45,50)(H2,44,46,49)/t34-,35+,36+/m0/s1. The molecule has 13 nitrogen and oxygen atoms in total. The van der Waals surface area contributed by atoms with E-state index in [1.807, 2.05) is 78.9 Å². The largest absolute Gasteiger partial charge is 0.497 e. The van der Waals surface area contributed by atoms with Crippen molar-refractivity contribution in [3.8, 4) is 23.3 Å². The number of rotatable bonds is 11. The Morgan fingerprint density at radius 3 is 2.00 bits per heavy atom. The Kier molecular flexibility index (Phi) is 12.8. The van der Waals surface area contributed by atoms with Gasteiger partial charge in [-0.25, -0.2) is 9.59 Å². The maximum atomic E-state index is 13.3. The van der Waals surface area contributed by atoms with Crippen LogP contribution < -0.4 is 26.2 Å². The van der Waals surface area contributed by atoms with Gasteiger partial charge in [-0.2, -0.15) is 4.98 Å². The topological polar surface area (TPSA) is 162 Å². The molecule has 1 aliphatic heterocycles. The summed E-state index contributed by atoms with van der Waals surface area (Å²) in [6.45, 7) is 10.5. The van der Waals surface area contributed by atoms with E-state index >= 15 is 0 Å². The summed E-state index contributed by atoms with van der Waals surface area (Å²) < 4.78 is 37.2. The van der Waals surface area contributed by atoms with Crippen LogP contribution in [0.3, 0.4) is 0 Å². The minimum Gasteiger partial charge on any atom is -0.497 e. The summed E-state index contributed by atoms with van der Waals surface area (Å²) in [6, 6.07) is 25.0. The lowest BCUT2D eigenvalue weighted by molar-refractivity contribution is -0.165. The summed E-state index contributed by atoms with van der Waals surface area (Å²) in [5, 5.41) is 2.56. The molecule has 0 aliphatic carbocycles. The molecule has 1 fully saturated rings. The number of carbonyl (C=O) groups is 2. The van der Waals surface area contributed by atoms with Crippen molar-refractivity contribution < 1.29 is 38.0 Å². The third-order valence-corrected chi connectivity index (χ3v) is 8.92. The van der Waals surface area contributed by atoms with Crippen LogP contribution >= 0.6 is 0 Å². The van der Waals surface area contributed by atoms with Crippen LogP contribution in [0.25, 0.3) is 0 Å². The number of hydrogen-bond acceptors (Lipinski definition) is 11. The Morgan fingerprint density at radius 2 is 1.46 bits per heavy atom. The zero-order valence-corrected chi connectivity index (χ0v) is 33.1. The molecule has 0 radical (unpaired) electrons. The molecule has 0 spiro atoms. The SMILES string of the molecule is COc1ccc(C(OC[C@H]2O[C@@H](n3cc(C#CCNC(=O)OC(C)(C)C)c(N)nc3=O)C[C@@H]2OC(=O)C(C)(C)C)(c2ccccc2)c2ccc(OC)cc2)cc1. The molecule has 0 bridgehead atoms. The number of methoxy groups -OCH3 is 2. The van der Waals surface area contributed by atoms with Gasteiger partial charge in [0.25, 0.3) is 0 Å². The molecule has 3 aromatic carbocycles. The summed E-state index contributed by atoms with van der Waals surface area (Å²) in [4.78, 5) is 42.7. The maximum absolute atomic E-state index is 13.3. The number of esters is 1. The molecule has 296 valence electrons. The lowest BCUT2D eigenvalue weighted by Gasteiger charge is -2.37. The minimum atomic E-state index is -1.18. The molecule has 0 saturated carbocycles. The Labute approximate surface area is 327 Å². The fourth-order valence-electron chi connectivity index (χ4n) is 6.09. The monoisotopic (exact) mass is 766 g/mol. The Bertz CT molecular complexity index is 2050. The molecule has 1 amide bonds. The van der Waals surface area contributed by atoms with Gasteiger partial charge in [0.15, 0.2) is 0 Å². The van der Waals surface area contributed by atoms with Crippen molar-refractivity contribution in [3.05, 3.63) is 118 Å². The van der Waals surface area contributed by atoms with Crippen LogP contribution in [0, 0.1) is 17.3 Å². The van der Waals surface area contributed by atoms with Crippen LogP contribution in [0.5, 0.6) is 11.5 Å². The zero-order valence-electron chi connectivity index (χ0n) is 33.1. The molecule has 1 aromatic heterocycles. The number of anilines is 1. The molecule has 13 heteroatoms. The molecule has 4 aromatic rings. The van der Waals surface area contributed by atoms with Gasteiger partial charge >= 0.3 is 17.8 Å². The highest BCUT2D eigenvalue weighted by Gasteiger charge is 2.45. The molecular formula is C43H50N4O9. The summed E-state index contributed by atoms with van der Waals surface area (Å²) >= 11 is 0. The van der Waals surface area contributed by atoms with Gasteiger partial charge in [0.2, 0.25) is 0 Å². The zero-order chi connectivity index (χ0) is 40.7. The minimum absolute atomic E-state index is 0.0385. The highest BCUT2D eigenvalue weighted by Crippen LogP contribution is 2.43. The fourth-order valence-corrected chi connectivity index (χ4v) is 6.09. The van der Waals surface area contributed by atoms with E-state index in [1.165, 1.54) is 10.8 Å². The van der Waals surface area contributed by atoms with E-state index in [0.29, 0.717) is 11.5 Å². The number of nitrogen functional groups attached to an aromatic ring is 1. The maximum Gasteiger partial charge on any atom is 0.408 e. The first-order chi connectivity index (χ1) is 26.5. The van der Waals surface area contributed by atoms with Crippen molar-refractivity contribution in [1.82, 2.24) is 14.9 Å². The Hall–Kier alpha value is -5.84. The number of nitrogens with zero attached hydrogens (tertiary/aromatic N) is 2. The van der Waals surface area contributed by atoms with E-state index in [2.05, 4.69) is 22.1 Å². The van der Waals surface area contributed by atoms with Crippen LogP contribution in [0.1, 0.15) is 76.4 Å². The number of hydrogen-bond donors (Lipinski definition) is 2. The number of alkyl carbamates (subject to hydrolysis) is 1. The molecule has 3 atom stereocenters. The lowest BCUT2D eigenvalue weighted by Crippen LogP contribution is -2.40. The smallest absolute Gasteiger partial charge is 0.408 e. The van der Waals surface area contributed by atoms with E-state index in [1.54, 1.807) is 55.8 Å². The van der Waals surface area contributed by atoms with Crippen molar-refractivity contribution in [2.24, 2.45) is 5.41 Å². The van der Waals surface area contributed by atoms with Crippen LogP contribution in [0.15, 0.2) is 89.9 Å². The molecule has 2 heterocycles. The van der Waals surface area contributed by atoms with E-state index < -0.39 is 52.8 Å². The first kappa shape index (κ1) is 41.3. The molecular weight excluding hydrogens is 716 g/mol. The van der Waals surface area contributed by atoms with Gasteiger partial charge in [-0.3, -0.25) is 9.36 Å². The average Bonchev–Trinajstić information content (AvgIpc) is 3.56. The lowest BCUT2D eigenvalue weighted by atomic mass is 9.80. The summed E-state index contributed by atoms with van der Waals surface area (Å²) in [5.41, 5.74) is 5.42. The van der Waals surface area contributed by atoms with E-state index in [-0.39, 0.29) is 31.0 Å². The molecule has 5 rings (SSSR count). The second-order valence-corrected chi connectivity index (χ2v) is 15.3. The van der Waals surface area contributed by atoms with Crippen molar-refractivity contribution in [3.63, 3.8) is 0 Å². The van der Waals surface area contributed by atoms with Crippen LogP contribution in [-0.4, -0.2) is 66.8 Å². The predicted octanol–water partition coefficient (Wildman–Crippen LogP) is 5.97. The summed E-state index contributed by atoms with van der Waals surface area (Å²) in [7, 11) is 3.21. The van der Waals surface area contributed by atoms with Crippen molar-refractivity contribution >= 4 is 17.9 Å². The molecule has 3 N–H and O–H groups in total. The predicted molar refractivity (Wildman–Crippen MR) is 210 cm³/mol. The van der Waals surface area contributed by atoms with Gasteiger partial charge in [-0.15, -0.1) is 0 Å². The number of ether oxygens (including phenoxy) is 6. The molecule has 1 saturated heterocycles. The fraction of sp³-hybridized carbons (Fsp3) is 0.395. The molecule has 56 heavy (non-hydrogen) atoms. The van der Waals surface area contributed by atoms with Gasteiger partial charge in [-0.05, 0) is 82.5 Å². The van der Waals surface area contributed by atoms with Crippen molar-refractivity contribution in [1.29, 1.82) is 0 Å². The number of nitrogens with one attached hydrogen (secondary N) is 1. The average molecular weight is 767 g/mol. The quantitative estimate of drug-likeness (QED) is 0.105. The first-order valence-electron chi connectivity index (χ1n) is 18.2. The van der Waals surface area contributed by atoms with Crippen molar-refractivity contribution in [2.45, 2.75) is 77.6 Å². The first-order valence-corrected chi connectivity index (χ1v) is 18.2. The molecule has 1 aliphatic rings. The highest BCUT2D eigenvalue weighted by molar-refractivity contribution is 5.75. The van der Waals surface area contributed by atoms with Gasteiger partial charge in [0.1, 0.15) is 47.0 Å². The Balaban J connectivity index is 1.51. The van der Waals surface area contributed by atoms with E-state index in [9.17, 15) is 14.4 Å². The second kappa shape index (κ2) is 17.3. The third kappa shape index (κ3) is 9.87. The number of amides is 1. The summed E-state index contributed by atoms with van der Waals surface area (Å²) in [6.07, 6.45) is -1.63. The normalized spacial score (nSPS) is 17.0. The molecule has 0 unspecified atom stereocenters. The number of nitrogens with two attached hydrogens (primary N) is 1. The van der Waals surface area contributed by atoms with Crippen LogP contribution in [-0.2, 0) is 29.3 Å². The number of carbonyl (C=O) groups excluding carboxylic acids is 2. The summed E-state index contributed by atoms with van der Waals surface area (Å²) in [5.74, 6) is 6.49. The second-order valence-electron chi connectivity index (χ2n) is 15.3. The van der Waals surface area contributed by atoms with Gasteiger partial charge < -0.3 is 39.5 Å². The number of benzene rings is 3. The third-order valence-electron chi connectivity index (χ3n) is 8.92. The van der Waals surface area contributed by atoms with Gasteiger partial charge in [-0.1, -0.05) is 66.4 Å². The van der Waals surface area contributed by atoms with Gasteiger partial charge in [0.05, 0.1) is 38.3 Å². The van der Waals surface area contributed by atoms with Crippen molar-refractivity contribution in [2.75, 3.05) is 33.1 Å². The highest BCUT2D eigenvalue weighted by atomic mass is 16.6. The van der Waals surface area contributed by atoms with E-state index in [0.717, 1.165) is 16.7 Å². The van der Waals surface area contributed by atoms with E-state index in [4.69, 9.17) is 34.2 Å². The van der Waals surface area contributed by atoms with Crippen LogP contribution in [0.4, 0.5) is 10.6 Å². The number of aromatic nitrogens is 2. The van der Waals surface area contributed by atoms with Crippen LogP contribution in [0.2, 0.25) is 0 Å².